The lowest BCUT2D eigenvalue weighted by atomic mass is 10.1. The molecule has 2 N–H and O–H groups in total. The molecule has 0 aliphatic carbocycles. The van der Waals surface area contributed by atoms with Crippen molar-refractivity contribution in [3.63, 3.8) is 0 Å². The highest BCUT2D eigenvalue weighted by molar-refractivity contribution is 5.99. The Morgan fingerprint density at radius 2 is 1.83 bits per heavy atom. The lowest BCUT2D eigenvalue weighted by Crippen LogP contribution is -2.24. The largest absolute Gasteiger partial charge is 0.493 e. The molecule has 0 spiro atoms. The van der Waals surface area contributed by atoms with E-state index in [1.54, 1.807) is 30.3 Å². The number of hydrogen-bond donors (Lipinski definition) is 2. The van der Waals surface area contributed by atoms with E-state index in [0.29, 0.717) is 16.9 Å². The van der Waals surface area contributed by atoms with E-state index in [4.69, 9.17) is 14.6 Å². The predicted molar refractivity (Wildman–Crippen MR) is 110 cm³/mol. The van der Waals surface area contributed by atoms with Crippen molar-refractivity contribution in [2.24, 2.45) is 5.10 Å². The van der Waals surface area contributed by atoms with Crippen LogP contribution in [-0.4, -0.2) is 36.4 Å². The number of fused-ring (bicyclic) bond motifs is 1. The number of carboxylic acid groups (broad SMARTS) is 1. The van der Waals surface area contributed by atoms with Crippen LogP contribution < -0.4 is 14.9 Å². The van der Waals surface area contributed by atoms with Crippen molar-refractivity contribution in [3.05, 3.63) is 71.8 Å². The van der Waals surface area contributed by atoms with E-state index < -0.39 is 12.1 Å². The zero-order chi connectivity index (χ0) is 20.8. The van der Waals surface area contributed by atoms with Gasteiger partial charge in [0.1, 0.15) is 0 Å². The van der Waals surface area contributed by atoms with E-state index in [2.05, 4.69) is 10.5 Å². The third-order valence-electron chi connectivity index (χ3n) is 4.25. The summed E-state index contributed by atoms with van der Waals surface area (Å²) in [6.07, 6.45) is 0.302. The summed E-state index contributed by atoms with van der Waals surface area (Å²) in [5, 5.41) is 15.1. The number of nitrogens with zero attached hydrogens (tertiary/aromatic N) is 1. The summed E-state index contributed by atoms with van der Waals surface area (Å²) >= 11 is 0. The molecule has 29 heavy (non-hydrogen) atoms. The van der Waals surface area contributed by atoms with E-state index in [1.165, 1.54) is 20.2 Å². The SMILES string of the molecule is COc1cccc(/C=N\NC(=O)c2ccc3ccccc3c2)c1O[C@@H](C)C(=O)O. The Bertz CT molecular complexity index is 1080. The van der Waals surface area contributed by atoms with Crippen molar-refractivity contribution in [2.45, 2.75) is 13.0 Å². The molecule has 0 aliphatic heterocycles. The Kier molecular flexibility index (Phi) is 6.09. The molecule has 1 atom stereocenters. The number of benzene rings is 3. The van der Waals surface area contributed by atoms with Crippen LogP contribution in [0.2, 0.25) is 0 Å². The van der Waals surface area contributed by atoms with E-state index in [-0.39, 0.29) is 11.7 Å². The summed E-state index contributed by atoms with van der Waals surface area (Å²) in [5.74, 6) is -0.879. The molecule has 148 valence electrons. The molecule has 0 aliphatic rings. The van der Waals surface area contributed by atoms with Crippen molar-refractivity contribution >= 4 is 28.9 Å². The number of nitrogens with one attached hydrogen (secondary N) is 1. The monoisotopic (exact) mass is 392 g/mol. The van der Waals surface area contributed by atoms with Gasteiger partial charge in [-0.15, -0.1) is 0 Å². The van der Waals surface area contributed by atoms with Crippen LogP contribution in [0.1, 0.15) is 22.8 Å². The fourth-order valence-corrected chi connectivity index (χ4v) is 2.70. The molecule has 1 amide bonds. The number of aliphatic carboxylic acids is 1. The van der Waals surface area contributed by atoms with Crippen LogP contribution in [0.15, 0.2) is 65.8 Å². The van der Waals surface area contributed by atoms with Gasteiger partial charge in [-0.2, -0.15) is 5.10 Å². The Balaban J connectivity index is 1.78. The van der Waals surface area contributed by atoms with Gasteiger partial charge < -0.3 is 14.6 Å². The first-order chi connectivity index (χ1) is 14.0. The molecule has 7 heteroatoms. The van der Waals surface area contributed by atoms with Gasteiger partial charge in [-0.05, 0) is 42.0 Å². The van der Waals surface area contributed by atoms with E-state index in [9.17, 15) is 9.59 Å². The van der Waals surface area contributed by atoms with E-state index >= 15 is 0 Å². The highest BCUT2D eigenvalue weighted by Crippen LogP contribution is 2.31. The van der Waals surface area contributed by atoms with Gasteiger partial charge in [-0.1, -0.05) is 36.4 Å². The van der Waals surface area contributed by atoms with Crippen molar-refractivity contribution in [1.82, 2.24) is 5.43 Å². The Morgan fingerprint density at radius 1 is 1.07 bits per heavy atom. The van der Waals surface area contributed by atoms with Gasteiger partial charge in [0.05, 0.1) is 13.3 Å². The normalized spacial score (nSPS) is 11.9. The second-order valence-corrected chi connectivity index (χ2v) is 6.24. The van der Waals surface area contributed by atoms with Gasteiger partial charge in [-0.25, -0.2) is 10.2 Å². The third-order valence-corrected chi connectivity index (χ3v) is 4.25. The Labute approximate surface area is 167 Å². The molecule has 0 heterocycles. The van der Waals surface area contributed by atoms with Crippen LogP contribution in [0.4, 0.5) is 0 Å². The number of rotatable bonds is 7. The molecule has 7 nitrogen and oxygen atoms in total. The Hall–Kier alpha value is -3.87. The molecule has 0 unspecified atom stereocenters. The quantitative estimate of drug-likeness (QED) is 0.474. The molecule has 0 fully saturated rings. The maximum Gasteiger partial charge on any atom is 0.344 e. The molecule has 3 aromatic carbocycles. The van der Waals surface area contributed by atoms with Crippen LogP contribution in [0.25, 0.3) is 10.8 Å². The lowest BCUT2D eigenvalue weighted by molar-refractivity contribution is -0.144. The molecule has 0 saturated heterocycles. The van der Waals surface area contributed by atoms with Gasteiger partial charge in [0.2, 0.25) is 0 Å². The number of ether oxygens (including phenoxy) is 2. The summed E-state index contributed by atoms with van der Waals surface area (Å²) in [6.45, 7) is 1.41. The maximum absolute atomic E-state index is 12.4. The number of hydrogen-bond acceptors (Lipinski definition) is 5. The number of carbonyl (C=O) groups excluding carboxylic acids is 1. The topological polar surface area (TPSA) is 97.2 Å². The highest BCUT2D eigenvalue weighted by atomic mass is 16.5. The zero-order valence-electron chi connectivity index (χ0n) is 16.0. The lowest BCUT2D eigenvalue weighted by Gasteiger charge is -2.15. The molecular weight excluding hydrogens is 372 g/mol. The first kappa shape index (κ1) is 19.9. The van der Waals surface area contributed by atoms with Crippen LogP contribution in [0, 0.1) is 0 Å². The molecule has 0 bridgehead atoms. The molecule has 0 saturated carbocycles. The molecule has 3 rings (SSSR count). The van der Waals surface area contributed by atoms with Crippen molar-refractivity contribution in [1.29, 1.82) is 0 Å². The fraction of sp³-hybridized carbons (Fsp3) is 0.136. The first-order valence-corrected chi connectivity index (χ1v) is 8.88. The van der Waals surface area contributed by atoms with Crippen LogP contribution >= 0.6 is 0 Å². The molecule has 0 aromatic heterocycles. The molecule has 0 radical (unpaired) electrons. The molecule has 3 aromatic rings. The predicted octanol–water partition coefficient (Wildman–Crippen LogP) is 3.46. The minimum Gasteiger partial charge on any atom is -0.493 e. The second-order valence-electron chi connectivity index (χ2n) is 6.24. The average Bonchev–Trinajstić information content (AvgIpc) is 2.74. The first-order valence-electron chi connectivity index (χ1n) is 8.88. The number of para-hydroxylation sites is 1. The minimum absolute atomic E-state index is 0.230. The fourth-order valence-electron chi connectivity index (χ4n) is 2.70. The van der Waals surface area contributed by atoms with Gasteiger partial charge in [0.15, 0.2) is 17.6 Å². The summed E-state index contributed by atoms with van der Waals surface area (Å²) < 4.78 is 10.7. The van der Waals surface area contributed by atoms with E-state index in [1.807, 2.05) is 30.3 Å². The smallest absolute Gasteiger partial charge is 0.344 e. The highest BCUT2D eigenvalue weighted by Gasteiger charge is 2.18. The number of hydrazone groups is 1. The van der Waals surface area contributed by atoms with Crippen LogP contribution in [0.3, 0.4) is 0 Å². The summed E-state index contributed by atoms with van der Waals surface area (Å²) in [7, 11) is 1.45. The maximum atomic E-state index is 12.4. The summed E-state index contributed by atoms with van der Waals surface area (Å²) in [6, 6.07) is 18.2. The van der Waals surface area contributed by atoms with Crippen molar-refractivity contribution in [3.8, 4) is 11.5 Å². The van der Waals surface area contributed by atoms with Crippen LogP contribution in [-0.2, 0) is 4.79 Å². The standard InChI is InChI=1S/C22H20N2O5/c1-14(22(26)27)29-20-18(8-5-9-19(20)28-2)13-23-24-21(25)17-11-10-15-6-3-4-7-16(15)12-17/h3-14H,1-2H3,(H,24,25)(H,26,27)/b23-13-/t14-/m0/s1. The average molecular weight is 392 g/mol. The number of amides is 1. The third kappa shape index (κ3) is 4.70. The van der Waals surface area contributed by atoms with Gasteiger partial charge in [0, 0.05) is 11.1 Å². The van der Waals surface area contributed by atoms with Gasteiger partial charge in [-0.3, -0.25) is 4.79 Å². The van der Waals surface area contributed by atoms with E-state index in [0.717, 1.165) is 10.8 Å². The second kappa shape index (κ2) is 8.88. The zero-order valence-corrected chi connectivity index (χ0v) is 16.0. The molecular formula is C22H20N2O5. The van der Waals surface area contributed by atoms with Gasteiger partial charge >= 0.3 is 5.97 Å². The number of methoxy groups -OCH3 is 1. The van der Waals surface area contributed by atoms with Crippen molar-refractivity contribution < 1.29 is 24.2 Å². The Morgan fingerprint density at radius 3 is 2.55 bits per heavy atom. The number of carbonyl (C=O) groups is 2. The number of carboxylic acids is 1. The minimum atomic E-state index is -1.11. The summed E-state index contributed by atoms with van der Waals surface area (Å²) in [4.78, 5) is 23.5. The van der Waals surface area contributed by atoms with Crippen LogP contribution in [0.5, 0.6) is 11.5 Å². The van der Waals surface area contributed by atoms with Crippen molar-refractivity contribution in [2.75, 3.05) is 7.11 Å². The summed E-state index contributed by atoms with van der Waals surface area (Å²) in [5.41, 5.74) is 3.41. The van der Waals surface area contributed by atoms with Gasteiger partial charge in [0.25, 0.3) is 5.91 Å².